The van der Waals surface area contributed by atoms with E-state index in [4.69, 9.17) is 9.47 Å². The standard InChI is InChI=1S/C19H37N5O2.HI/c1-16(14-23-8-6-22(3)7-9-23)13-21-19(20-2)24-10-12-26-18(15-24)17-5-4-11-25-17;/h16-18H,4-15H2,1-3H3,(H,20,21);1H. The molecule has 3 aliphatic rings. The fraction of sp³-hybridized carbons (Fsp3) is 0.947. The zero-order valence-corrected chi connectivity index (χ0v) is 19.6. The van der Waals surface area contributed by atoms with Gasteiger partial charge >= 0.3 is 0 Å². The first-order chi connectivity index (χ1) is 12.7. The molecule has 0 aliphatic carbocycles. The number of hydrogen-bond acceptors (Lipinski definition) is 5. The molecule has 7 nitrogen and oxygen atoms in total. The van der Waals surface area contributed by atoms with Gasteiger partial charge in [-0.1, -0.05) is 6.92 Å². The Kier molecular flexibility index (Phi) is 10.1. The minimum Gasteiger partial charge on any atom is -0.375 e. The van der Waals surface area contributed by atoms with Crippen molar-refractivity contribution in [1.29, 1.82) is 0 Å². The summed E-state index contributed by atoms with van der Waals surface area (Å²) in [6.07, 6.45) is 2.70. The molecule has 0 bridgehead atoms. The highest BCUT2D eigenvalue weighted by atomic mass is 127. The van der Waals surface area contributed by atoms with E-state index in [1.165, 1.54) is 26.2 Å². The van der Waals surface area contributed by atoms with Crippen LogP contribution in [0.15, 0.2) is 4.99 Å². The van der Waals surface area contributed by atoms with Crippen LogP contribution >= 0.6 is 24.0 Å². The molecule has 3 fully saturated rings. The van der Waals surface area contributed by atoms with Gasteiger partial charge in [-0.25, -0.2) is 0 Å². The number of hydrogen-bond donors (Lipinski definition) is 1. The number of piperazine rings is 1. The molecular formula is C19H38IN5O2. The quantitative estimate of drug-likeness (QED) is 0.348. The van der Waals surface area contributed by atoms with Crippen molar-refractivity contribution >= 4 is 29.9 Å². The minimum atomic E-state index is 0. The molecule has 0 spiro atoms. The lowest BCUT2D eigenvalue weighted by molar-refractivity contribution is -0.0817. The van der Waals surface area contributed by atoms with Gasteiger partial charge < -0.3 is 29.5 Å². The fourth-order valence-corrected chi connectivity index (χ4v) is 4.12. The number of guanidine groups is 1. The molecule has 1 N–H and O–H groups in total. The molecule has 8 heteroatoms. The summed E-state index contributed by atoms with van der Waals surface area (Å²) < 4.78 is 11.8. The summed E-state index contributed by atoms with van der Waals surface area (Å²) in [5.41, 5.74) is 0. The van der Waals surface area contributed by atoms with Gasteiger partial charge in [-0.05, 0) is 25.8 Å². The Bertz CT molecular complexity index is 453. The lowest BCUT2D eigenvalue weighted by Crippen LogP contribution is -2.54. The fourth-order valence-electron chi connectivity index (χ4n) is 4.12. The summed E-state index contributed by atoms with van der Waals surface area (Å²) >= 11 is 0. The van der Waals surface area contributed by atoms with E-state index >= 15 is 0 Å². The summed E-state index contributed by atoms with van der Waals surface area (Å²) in [4.78, 5) is 11.8. The van der Waals surface area contributed by atoms with Gasteiger partial charge in [0.25, 0.3) is 0 Å². The van der Waals surface area contributed by atoms with Crippen molar-refractivity contribution in [3.05, 3.63) is 0 Å². The highest BCUT2D eigenvalue weighted by molar-refractivity contribution is 14.0. The second kappa shape index (κ2) is 11.7. The molecule has 0 radical (unpaired) electrons. The SMILES string of the molecule is CN=C(NCC(C)CN1CCN(C)CC1)N1CCOC(C2CCCO2)C1.I. The van der Waals surface area contributed by atoms with Crippen LogP contribution < -0.4 is 5.32 Å². The van der Waals surface area contributed by atoms with E-state index in [0.29, 0.717) is 5.92 Å². The summed E-state index contributed by atoms with van der Waals surface area (Å²) in [5, 5.41) is 3.59. The Morgan fingerprint density at radius 1 is 1.11 bits per heavy atom. The maximum absolute atomic E-state index is 5.96. The zero-order valence-electron chi connectivity index (χ0n) is 17.2. The van der Waals surface area contributed by atoms with E-state index in [9.17, 15) is 0 Å². The van der Waals surface area contributed by atoms with Crippen molar-refractivity contribution in [2.45, 2.75) is 32.0 Å². The van der Waals surface area contributed by atoms with Gasteiger partial charge in [-0.2, -0.15) is 0 Å². The molecule has 0 aromatic rings. The van der Waals surface area contributed by atoms with Gasteiger partial charge in [-0.15, -0.1) is 24.0 Å². The molecule has 0 aromatic heterocycles. The Balaban J connectivity index is 0.00000261. The maximum Gasteiger partial charge on any atom is 0.193 e. The molecule has 0 saturated carbocycles. The van der Waals surface area contributed by atoms with Gasteiger partial charge in [0.05, 0.1) is 12.7 Å². The smallest absolute Gasteiger partial charge is 0.193 e. The van der Waals surface area contributed by atoms with E-state index in [1.54, 1.807) is 0 Å². The summed E-state index contributed by atoms with van der Waals surface area (Å²) in [7, 11) is 4.09. The number of likely N-dealkylation sites (N-methyl/N-ethyl adjacent to an activating group) is 1. The van der Waals surface area contributed by atoms with Crippen LogP contribution in [0.3, 0.4) is 0 Å². The Morgan fingerprint density at radius 3 is 2.52 bits per heavy atom. The van der Waals surface area contributed by atoms with Crippen molar-refractivity contribution in [1.82, 2.24) is 20.0 Å². The van der Waals surface area contributed by atoms with Crippen LogP contribution in [0.1, 0.15) is 19.8 Å². The first kappa shape index (κ1) is 23.1. The number of ether oxygens (including phenoxy) is 2. The minimum absolute atomic E-state index is 0. The Labute approximate surface area is 181 Å². The summed E-state index contributed by atoms with van der Waals surface area (Å²) in [6, 6.07) is 0. The topological polar surface area (TPSA) is 52.6 Å². The molecule has 3 saturated heterocycles. The molecule has 3 unspecified atom stereocenters. The maximum atomic E-state index is 5.96. The molecule has 0 amide bonds. The molecule has 27 heavy (non-hydrogen) atoms. The van der Waals surface area contributed by atoms with Gasteiger partial charge in [0, 0.05) is 66.0 Å². The number of morpholine rings is 1. The number of rotatable bonds is 5. The van der Waals surface area contributed by atoms with Crippen molar-refractivity contribution in [3.63, 3.8) is 0 Å². The van der Waals surface area contributed by atoms with Crippen molar-refractivity contribution in [2.75, 3.05) is 79.7 Å². The van der Waals surface area contributed by atoms with Crippen LogP contribution in [0, 0.1) is 5.92 Å². The summed E-state index contributed by atoms with van der Waals surface area (Å²) in [6.45, 7) is 12.6. The first-order valence-electron chi connectivity index (χ1n) is 10.3. The third-order valence-electron chi connectivity index (χ3n) is 5.76. The van der Waals surface area contributed by atoms with Crippen molar-refractivity contribution in [3.8, 4) is 0 Å². The van der Waals surface area contributed by atoms with Gasteiger partial charge in [-0.3, -0.25) is 4.99 Å². The van der Waals surface area contributed by atoms with Crippen LogP contribution in [0.5, 0.6) is 0 Å². The number of aliphatic imine (C=N–C) groups is 1. The molecule has 3 rings (SSSR count). The first-order valence-corrected chi connectivity index (χ1v) is 10.3. The predicted molar refractivity (Wildman–Crippen MR) is 120 cm³/mol. The van der Waals surface area contributed by atoms with E-state index in [2.05, 4.69) is 39.0 Å². The third kappa shape index (κ3) is 6.99. The van der Waals surface area contributed by atoms with Crippen LogP contribution in [-0.4, -0.2) is 113 Å². The highest BCUT2D eigenvalue weighted by Crippen LogP contribution is 2.21. The number of halogens is 1. The largest absolute Gasteiger partial charge is 0.375 e. The molecule has 3 atom stereocenters. The zero-order chi connectivity index (χ0) is 18.4. The van der Waals surface area contributed by atoms with Gasteiger partial charge in [0.1, 0.15) is 6.10 Å². The average molecular weight is 495 g/mol. The molecule has 158 valence electrons. The molecule has 0 aromatic carbocycles. The van der Waals surface area contributed by atoms with Gasteiger partial charge in [0.15, 0.2) is 5.96 Å². The van der Waals surface area contributed by atoms with E-state index < -0.39 is 0 Å². The number of nitrogens with zero attached hydrogens (tertiary/aromatic N) is 4. The Morgan fingerprint density at radius 2 is 1.85 bits per heavy atom. The lowest BCUT2D eigenvalue weighted by atomic mass is 10.1. The lowest BCUT2D eigenvalue weighted by Gasteiger charge is -2.37. The van der Waals surface area contributed by atoms with Crippen LogP contribution in [-0.2, 0) is 9.47 Å². The predicted octanol–water partition coefficient (Wildman–Crippen LogP) is 0.943. The second-order valence-electron chi connectivity index (χ2n) is 8.04. The van der Waals surface area contributed by atoms with E-state index in [1.807, 2.05) is 7.05 Å². The van der Waals surface area contributed by atoms with E-state index in [0.717, 1.165) is 58.2 Å². The third-order valence-corrected chi connectivity index (χ3v) is 5.76. The molecule has 3 aliphatic heterocycles. The highest BCUT2D eigenvalue weighted by Gasteiger charge is 2.32. The number of nitrogens with one attached hydrogen (secondary N) is 1. The van der Waals surface area contributed by atoms with Crippen LogP contribution in [0.4, 0.5) is 0 Å². The van der Waals surface area contributed by atoms with Crippen LogP contribution in [0.2, 0.25) is 0 Å². The monoisotopic (exact) mass is 495 g/mol. The van der Waals surface area contributed by atoms with Crippen molar-refractivity contribution < 1.29 is 9.47 Å². The van der Waals surface area contributed by atoms with Crippen LogP contribution in [0.25, 0.3) is 0 Å². The van der Waals surface area contributed by atoms with Crippen molar-refractivity contribution in [2.24, 2.45) is 10.9 Å². The summed E-state index contributed by atoms with van der Waals surface area (Å²) in [5.74, 6) is 1.60. The van der Waals surface area contributed by atoms with E-state index in [-0.39, 0.29) is 36.2 Å². The molecule has 3 heterocycles. The second-order valence-corrected chi connectivity index (χ2v) is 8.04. The van der Waals surface area contributed by atoms with Gasteiger partial charge in [0.2, 0.25) is 0 Å². The average Bonchev–Trinajstić information content (AvgIpc) is 3.19. The Hall–Kier alpha value is -0.160. The molecular weight excluding hydrogens is 457 g/mol. The normalized spacial score (nSPS) is 29.4.